The van der Waals surface area contributed by atoms with Crippen LogP contribution in [0.15, 0.2) is 0 Å². The fourth-order valence-electron chi connectivity index (χ4n) is 0. The van der Waals surface area contributed by atoms with E-state index in [1.807, 2.05) is 0 Å². The topological polar surface area (TPSA) is 137 Å². The van der Waals surface area contributed by atoms with Gasteiger partial charge in [0.05, 0.1) is 0 Å². The largest absolute Gasteiger partial charge is 3.00 e. The standard InChI is InChI=1S/8C2H6OS.I3.2HI.Tb/c8*1-4(2)3;1-3-2;;;/h8*1-2H3;;2*1H;/q;;;;;;;;-1;;;+3/p-2. The zero-order chi connectivity index (χ0) is 31.3. The molecule has 0 aliphatic carbocycles. The average Bonchev–Trinajstić information content (AvgIpc) is 2.41. The Morgan fingerprint density at radius 3 is 0.316 bits per heavy atom. The van der Waals surface area contributed by atoms with Gasteiger partial charge in [0.1, 0.15) is 0 Å². The van der Waals surface area contributed by atoms with Gasteiger partial charge in [0, 0.05) is 186 Å². The number of hydrogen-bond donors (Lipinski definition) is 0. The summed E-state index contributed by atoms with van der Waals surface area (Å²) in [6, 6.07) is 0. The molecule has 0 aromatic rings. The Bertz CT molecular complexity index is 418. The molecular formula is C16H48I5O8S8Tb. The minimum Gasteiger partial charge on any atom is -1.00 e. The zero-order valence-corrected chi connectivity index (χ0v) is 44.2. The Kier molecular flexibility index (Phi) is 165. The molecule has 0 aromatic carbocycles. The molecule has 252 valence electrons. The summed E-state index contributed by atoms with van der Waals surface area (Å²) >= 11 is 5.30. The molecule has 0 fully saturated rings. The van der Waals surface area contributed by atoms with Gasteiger partial charge in [0.2, 0.25) is 0 Å². The van der Waals surface area contributed by atoms with Gasteiger partial charge in [-0.15, -0.1) is 0 Å². The summed E-state index contributed by atoms with van der Waals surface area (Å²) in [5, 5.41) is 0. The van der Waals surface area contributed by atoms with Crippen molar-refractivity contribution in [1.29, 1.82) is 0 Å². The van der Waals surface area contributed by atoms with E-state index < -0.39 is 86.4 Å². The minimum absolute atomic E-state index is 0. The maximum absolute atomic E-state index is 9.56. The van der Waals surface area contributed by atoms with Crippen molar-refractivity contribution in [2.45, 2.75) is 0 Å². The second-order valence-corrected chi connectivity index (χ2v) is 34.1. The van der Waals surface area contributed by atoms with E-state index in [1.165, 1.54) is 0 Å². The molecule has 0 heterocycles. The Morgan fingerprint density at radius 2 is 0.316 bits per heavy atom. The third-order valence-corrected chi connectivity index (χ3v) is 0. The Morgan fingerprint density at radius 1 is 0.316 bits per heavy atom. The van der Waals surface area contributed by atoms with Crippen molar-refractivity contribution in [3.63, 3.8) is 0 Å². The molecule has 38 heavy (non-hydrogen) atoms. The summed E-state index contributed by atoms with van der Waals surface area (Å²) in [6.07, 6.45) is 26.2. The summed E-state index contributed by atoms with van der Waals surface area (Å²) < 4.78 is 76.4. The SMILES string of the molecule is CS(C)=O.CS(C)=O.CS(C)=O.CS(C)=O.CS(C)=O.CS(C)=O.CS(C)=O.CS(C)=O.I[I-]I.[I-].[I-].[Tb+3]. The van der Waals surface area contributed by atoms with Crippen LogP contribution in [0.25, 0.3) is 0 Å². The van der Waals surface area contributed by atoms with E-state index >= 15 is 0 Å². The van der Waals surface area contributed by atoms with Gasteiger partial charge in [-0.25, -0.2) is 0 Å². The molecule has 0 N–H and O–H groups in total. The monoisotopic (exact) mass is 1420 g/mol. The molecule has 0 aliphatic heterocycles. The first kappa shape index (κ1) is 79.5. The van der Waals surface area contributed by atoms with Gasteiger partial charge in [-0.05, 0) is 0 Å². The fourth-order valence-corrected chi connectivity index (χ4v) is 0. The predicted octanol–water partition coefficient (Wildman–Crippen LogP) is -7.26. The van der Waals surface area contributed by atoms with Crippen molar-refractivity contribution >= 4 is 124 Å². The number of hydrogen-bond acceptors (Lipinski definition) is 8. The van der Waals surface area contributed by atoms with E-state index in [0.717, 1.165) is 0 Å². The molecule has 0 unspecified atom stereocenters. The van der Waals surface area contributed by atoms with Gasteiger partial charge >= 0.3 is 89.1 Å². The first-order chi connectivity index (χ1) is 15.3. The van der Waals surface area contributed by atoms with E-state index in [-0.39, 0.29) is 86.6 Å². The van der Waals surface area contributed by atoms with E-state index in [9.17, 15) is 33.7 Å². The van der Waals surface area contributed by atoms with Crippen LogP contribution >= 0.6 is 37.2 Å². The predicted molar refractivity (Wildman–Crippen MR) is 188 cm³/mol. The van der Waals surface area contributed by atoms with Gasteiger partial charge in [0.25, 0.3) is 0 Å². The van der Waals surface area contributed by atoms with Gasteiger partial charge in [-0.1, -0.05) is 0 Å². The molecule has 0 saturated carbocycles. The Balaban J connectivity index is -0.0000000198. The quantitative estimate of drug-likeness (QED) is 0.219. The molecule has 0 bridgehead atoms. The van der Waals surface area contributed by atoms with Crippen molar-refractivity contribution in [2.75, 3.05) is 100 Å². The maximum Gasteiger partial charge on any atom is 3.00 e. The molecule has 0 radical (unpaired) electrons. The summed E-state index contributed by atoms with van der Waals surface area (Å²) in [5.41, 5.74) is 0. The molecule has 0 rings (SSSR count). The number of halogens is 5. The summed E-state index contributed by atoms with van der Waals surface area (Å²) in [7, 11) is -4.89. The van der Waals surface area contributed by atoms with Crippen LogP contribution in [0.3, 0.4) is 0 Å². The van der Waals surface area contributed by atoms with E-state index in [0.29, 0.717) is 13.3 Å². The molecule has 0 aromatic heterocycles. The van der Waals surface area contributed by atoms with Crippen molar-refractivity contribution < 1.29 is 133 Å². The van der Waals surface area contributed by atoms with Gasteiger partial charge in [0.15, 0.2) is 0 Å². The number of rotatable bonds is 0. The maximum atomic E-state index is 9.56. The Hall–Kier alpha value is 6.14. The van der Waals surface area contributed by atoms with Crippen molar-refractivity contribution in [3.8, 4) is 0 Å². The molecule has 8 nitrogen and oxygen atoms in total. The Labute approximate surface area is 349 Å². The van der Waals surface area contributed by atoms with Crippen LogP contribution in [-0.2, 0) is 86.4 Å². The van der Waals surface area contributed by atoms with E-state index in [2.05, 4.69) is 37.2 Å². The first-order valence-electron chi connectivity index (χ1n) is 8.15. The molecule has 0 aliphatic rings. The molecule has 22 heteroatoms. The van der Waals surface area contributed by atoms with Gasteiger partial charge in [-0.3, -0.25) is 33.7 Å². The molecule has 0 spiro atoms. The summed E-state index contributed by atoms with van der Waals surface area (Å²) in [5.74, 6) is 0. The molecule has 0 atom stereocenters. The van der Waals surface area contributed by atoms with Crippen molar-refractivity contribution in [2.24, 2.45) is 0 Å². The summed E-state index contributed by atoms with van der Waals surface area (Å²) in [4.78, 5) is 0. The van der Waals surface area contributed by atoms with Crippen LogP contribution in [0, 0.1) is 38.6 Å². The fraction of sp³-hybridized carbons (Fsp3) is 1.00. The zero-order valence-electron chi connectivity index (χ0n) is 24.8. The van der Waals surface area contributed by atoms with Crippen LogP contribution in [-0.4, -0.2) is 134 Å². The van der Waals surface area contributed by atoms with Crippen LogP contribution in [0.2, 0.25) is 0 Å². The third kappa shape index (κ3) is 1890. The van der Waals surface area contributed by atoms with Crippen LogP contribution in [0.4, 0.5) is 0 Å². The van der Waals surface area contributed by atoms with Crippen molar-refractivity contribution in [3.05, 3.63) is 0 Å². The smallest absolute Gasteiger partial charge is 1.00 e. The second kappa shape index (κ2) is 79.0. The first-order valence-corrected chi connectivity index (χ1v) is 36.5. The van der Waals surface area contributed by atoms with Gasteiger partial charge in [-0.2, -0.15) is 0 Å². The molecular weight excluding hydrogens is 1370 g/mol. The molecule has 0 amide bonds. The van der Waals surface area contributed by atoms with Crippen molar-refractivity contribution in [1.82, 2.24) is 0 Å². The van der Waals surface area contributed by atoms with Crippen LogP contribution in [0.5, 0.6) is 0 Å². The normalized spacial score (nSPS) is 7.95. The second-order valence-electron chi connectivity index (χ2n) is 5.99. The minimum atomic E-state index is -0.611. The summed E-state index contributed by atoms with van der Waals surface area (Å²) in [6.45, 7) is 0. The van der Waals surface area contributed by atoms with Crippen LogP contribution < -0.4 is 61.2 Å². The third-order valence-electron chi connectivity index (χ3n) is 0. The van der Waals surface area contributed by atoms with Crippen LogP contribution in [0.1, 0.15) is 0 Å². The van der Waals surface area contributed by atoms with Gasteiger partial charge < -0.3 is 48.0 Å². The van der Waals surface area contributed by atoms with E-state index in [1.54, 1.807) is 100 Å². The van der Waals surface area contributed by atoms with E-state index in [4.69, 9.17) is 0 Å². The average molecular weight is 1420 g/mol. The molecule has 0 saturated heterocycles.